The van der Waals surface area contributed by atoms with Gasteiger partial charge >= 0.3 is 13.1 Å². The lowest BCUT2D eigenvalue weighted by Crippen LogP contribution is -2.41. The summed E-state index contributed by atoms with van der Waals surface area (Å²) in [5.41, 5.74) is 4.41. The highest BCUT2D eigenvalue weighted by Crippen LogP contribution is 2.49. The number of carbonyl (C=O) groups excluding carboxylic acids is 1. The van der Waals surface area contributed by atoms with Gasteiger partial charge in [0.25, 0.3) is 0 Å². The first-order chi connectivity index (χ1) is 13.6. The molecule has 0 unspecified atom stereocenters. The third-order valence-corrected chi connectivity index (χ3v) is 6.85. The van der Waals surface area contributed by atoms with Crippen molar-refractivity contribution < 1.29 is 18.8 Å². The number of esters is 1. The Bertz CT molecular complexity index is 926. The van der Waals surface area contributed by atoms with Crippen molar-refractivity contribution in [1.29, 1.82) is 0 Å². The maximum atomic E-state index is 12.1. The summed E-state index contributed by atoms with van der Waals surface area (Å²) < 4.78 is 17.4. The second kappa shape index (κ2) is 6.71. The van der Waals surface area contributed by atoms with Crippen molar-refractivity contribution in [3.63, 3.8) is 0 Å². The Hall–Kier alpha value is -2.11. The summed E-state index contributed by atoms with van der Waals surface area (Å²) in [6.45, 7) is 10.4. The van der Waals surface area contributed by atoms with Crippen LogP contribution in [0, 0.1) is 6.92 Å². The van der Waals surface area contributed by atoms with Crippen molar-refractivity contribution in [2.75, 3.05) is 7.11 Å². The van der Waals surface area contributed by atoms with Crippen molar-refractivity contribution in [3.8, 4) is 11.1 Å². The van der Waals surface area contributed by atoms with Gasteiger partial charge in [0.15, 0.2) is 0 Å². The monoisotopic (exact) mass is 392 g/mol. The van der Waals surface area contributed by atoms with Gasteiger partial charge < -0.3 is 14.0 Å². The van der Waals surface area contributed by atoms with E-state index in [-0.39, 0.29) is 24.3 Å². The Labute approximate surface area is 173 Å². The van der Waals surface area contributed by atoms with E-state index in [0.717, 1.165) is 29.4 Å². The molecular weight excluding hydrogens is 363 g/mol. The molecule has 152 valence electrons. The van der Waals surface area contributed by atoms with Gasteiger partial charge in [0, 0.05) is 0 Å². The van der Waals surface area contributed by atoms with Crippen molar-refractivity contribution in [1.82, 2.24) is 0 Å². The number of benzene rings is 2. The van der Waals surface area contributed by atoms with Crippen LogP contribution in [0.4, 0.5) is 0 Å². The molecule has 0 spiro atoms. The first kappa shape index (κ1) is 20.2. The van der Waals surface area contributed by atoms with Gasteiger partial charge in [-0.05, 0) is 75.2 Å². The molecule has 0 amide bonds. The molecule has 0 radical (unpaired) electrons. The normalized spacial score (nSPS) is 21.1. The Kier molecular flexibility index (Phi) is 4.67. The van der Waals surface area contributed by atoms with Gasteiger partial charge in [0.1, 0.15) is 0 Å². The van der Waals surface area contributed by atoms with Crippen molar-refractivity contribution >= 4 is 18.6 Å². The van der Waals surface area contributed by atoms with Crippen LogP contribution in [0.5, 0.6) is 0 Å². The summed E-state index contributed by atoms with van der Waals surface area (Å²) in [7, 11) is 1.10. The van der Waals surface area contributed by atoms with Crippen LogP contribution in [0.25, 0.3) is 11.1 Å². The number of hydrogen-bond donors (Lipinski definition) is 0. The minimum Gasteiger partial charge on any atom is -0.468 e. The van der Waals surface area contributed by atoms with Crippen molar-refractivity contribution in [2.24, 2.45) is 0 Å². The molecule has 0 bridgehead atoms. The van der Waals surface area contributed by atoms with Crippen LogP contribution in [0.2, 0.25) is 0 Å². The lowest BCUT2D eigenvalue weighted by atomic mass is 9.77. The van der Waals surface area contributed by atoms with Gasteiger partial charge in [-0.25, -0.2) is 0 Å². The predicted octanol–water partition coefficient (Wildman–Crippen LogP) is 4.17. The molecule has 2 fully saturated rings. The number of ether oxygens (including phenoxy) is 1. The van der Waals surface area contributed by atoms with Gasteiger partial charge in [-0.15, -0.1) is 0 Å². The van der Waals surface area contributed by atoms with Crippen LogP contribution < -0.4 is 5.46 Å². The van der Waals surface area contributed by atoms with Crippen molar-refractivity contribution in [2.45, 2.75) is 64.1 Å². The third-order valence-electron chi connectivity index (χ3n) is 6.85. The summed E-state index contributed by atoms with van der Waals surface area (Å²) in [5.74, 6) is -0.131. The van der Waals surface area contributed by atoms with E-state index in [1.165, 1.54) is 18.2 Å². The zero-order valence-electron chi connectivity index (χ0n) is 18.2. The van der Waals surface area contributed by atoms with E-state index in [4.69, 9.17) is 14.0 Å². The molecule has 1 aliphatic heterocycles. The minimum absolute atomic E-state index is 0.131. The summed E-state index contributed by atoms with van der Waals surface area (Å²) >= 11 is 0. The average Bonchev–Trinajstić information content (AvgIpc) is 3.44. The molecular formula is C24H29BO4. The molecule has 4 nitrogen and oxygen atoms in total. The van der Waals surface area contributed by atoms with Crippen LogP contribution in [-0.2, 0) is 24.3 Å². The number of carbonyl (C=O) groups is 1. The van der Waals surface area contributed by atoms with Crippen LogP contribution in [-0.4, -0.2) is 31.4 Å². The smallest absolute Gasteiger partial charge is 0.468 e. The number of methoxy groups -OCH3 is 1. The first-order valence-electron chi connectivity index (χ1n) is 10.3. The summed E-state index contributed by atoms with van der Waals surface area (Å²) in [4.78, 5) is 12.1. The fourth-order valence-electron chi connectivity index (χ4n) is 4.04. The Morgan fingerprint density at radius 3 is 2.03 bits per heavy atom. The highest BCUT2D eigenvalue weighted by Gasteiger charge is 2.53. The van der Waals surface area contributed by atoms with Crippen molar-refractivity contribution in [3.05, 3.63) is 53.6 Å². The molecule has 29 heavy (non-hydrogen) atoms. The second-order valence-corrected chi connectivity index (χ2v) is 9.31. The molecule has 1 aliphatic carbocycles. The lowest BCUT2D eigenvalue weighted by Gasteiger charge is -2.32. The molecule has 4 rings (SSSR count). The Morgan fingerprint density at radius 2 is 1.55 bits per heavy atom. The highest BCUT2D eigenvalue weighted by atomic mass is 16.7. The van der Waals surface area contributed by atoms with E-state index in [1.54, 1.807) is 0 Å². The van der Waals surface area contributed by atoms with Crippen LogP contribution in [0.15, 0.2) is 42.5 Å². The molecule has 2 aromatic carbocycles. The highest BCUT2D eigenvalue weighted by molar-refractivity contribution is 6.62. The van der Waals surface area contributed by atoms with Gasteiger partial charge in [-0.1, -0.05) is 42.5 Å². The summed E-state index contributed by atoms with van der Waals surface area (Å²) in [5, 5.41) is 0. The molecule has 0 atom stereocenters. The van der Waals surface area contributed by atoms with E-state index in [1.807, 2.05) is 0 Å². The molecule has 2 aliphatic rings. The molecule has 1 saturated carbocycles. The molecule has 0 aromatic heterocycles. The van der Waals surface area contributed by atoms with Crippen LogP contribution in [0.3, 0.4) is 0 Å². The van der Waals surface area contributed by atoms with Gasteiger partial charge in [0.2, 0.25) is 0 Å². The molecule has 0 N–H and O–H groups in total. The Morgan fingerprint density at radius 1 is 0.966 bits per heavy atom. The standard InChI is InChI=1S/C24H29BO4/c1-16-15-19(25-28-22(2,3)23(4,5)29-25)11-12-20(16)17-7-9-18(10-8-17)24(13-14-24)21(26)27-6/h7-12,15H,13-14H2,1-6H3. The molecule has 2 aromatic rings. The van der Waals surface area contributed by atoms with Gasteiger partial charge in [-0.2, -0.15) is 0 Å². The fraction of sp³-hybridized carbons (Fsp3) is 0.458. The third kappa shape index (κ3) is 3.30. The van der Waals surface area contributed by atoms with E-state index >= 15 is 0 Å². The number of rotatable bonds is 4. The predicted molar refractivity (Wildman–Crippen MR) is 115 cm³/mol. The molecule has 5 heteroatoms. The molecule has 1 heterocycles. The van der Waals surface area contributed by atoms with E-state index in [0.29, 0.717) is 0 Å². The van der Waals surface area contributed by atoms with Gasteiger partial charge in [0.05, 0.1) is 23.7 Å². The van der Waals surface area contributed by atoms with E-state index in [9.17, 15) is 4.79 Å². The number of aryl methyl sites for hydroxylation is 1. The average molecular weight is 392 g/mol. The minimum atomic E-state index is -0.428. The summed E-state index contributed by atoms with van der Waals surface area (Å²) in [6.07, 6.45) is 1.72. The van der Waals surface area contributed by atoms with Crippen LogP contribution in [0.1, 0.15) is 51.7 Å². The second-order valence-electron chi connectivity index (χ2n) is 9.31. The topological polar surface area (TPSA) is 44.8 Å². The first-order valence-corrected chi connectivity index (χ1v) is 10.3. The maximum Gasteiger partial charge on any atom is 0.494 e. The van der Waals surface area contributed by atoms with Crippen LogP contribution >= 0.6 is 0 Å². The quantitative estimate of drug-likeness (QED) is 0.579. The molecule has 1 saturated heterocycles. The maximum absolute atomic E-state index is 12.1. The SMILES string of the molecule is COC(=O)C1(c2ccc(-c3ccc(B4OC(C)(C)C(C)(C)O4)cc3C)cc2)CC1. The fourth-order valence-corrected chi connectivity index (χ4v) is 4.04. The zero-order chi connectivity index (χ0) is 21.0. The summed E-state index contributed by atoms with van der Waals surface area (Å²) in [6, 6.07) is 14.6. The lowest BCUT2D eigenvalue weighted by molar-refractivity contribution is -0.143. The van der Waals surface area contributed by atoms with E-state index < -0.39 is 5.41 Å². The van der Waals surface area contributed by atoms with Gasteiger partial charge in [-0.3, -0.25) is 4.79 Å². The zero-order valence-corrected chi connectivity index (χ0v) is 18.2. The Balaban J connectivity index is 1.57. The number of hydrogen-bond acceptors (Lipinski definition) is 4. The largest absolute Gasteiger partial charge is 0.494 e. The van der Waals surface area contributed by atoms with E-state index in [2.05, 4.69) is 77.1 Å².